The number of amides is 1. The number of Topliss-reactive ketones (excluding diaryl/α,β-unsaturated/α-hetero) is 1. The zero-order chi connectivity index (χ0) is 21.4. The second-order valence-corrected chi connectivity index (χ2v) is 7.64. The fourth-order valence-electron chi connectivity index (χ4n) is 4.24. The number of ketones is 1. The zero-order valence-corrected chi connectivity index (χ0v) is 17.1. The Morgan fingerprint density at radius 3 is 2.65 bits per heavy atom. The van der Waals surface area contributed by atoms with E-state index in [-0.39, 0.29) is 17.7 Å². The van der Waals surface area contributed by atoms with Gasteiger partial charge < -0.3 is 15.4 Å². The predicted molar refractivity (Wildman–Crippen MR) is 117 cm³/mol. The van der Waals surface area contributed by atoms with Crippen LogP contribution in [0, 0.1) is 0 Å². The van der Waals surface area contributed by atoms with Gasteiger partial charge in [0.15, 0.2) is 5.78 Å². The Morgan fingerprint density at radius 2 is 1.90 bits per heavy atom. The number of para-hydroxylation sites is 1. The molecule has 31 heavy (non-hydrogen) atoms. The summed E-state index contributed by atoms with van der Waals surface area (Å²) in [4.78, 5) is 25.9. The van der Waals surface area contributed by atoms with E-state index in [9.17, 15) is 9.59 Å². The lowest BCUT2D eigenvalue weighted by Crippen LogP contribution is -2.32. The smallest absolute Gasteiger partial charge is 0.261 e. The number of nitrogens with one attached hydrogen (secondary N) is 2. The predicted octanol–water partition coefficient (Wildman–Crippen LogP) is 4.17. The van der Waals surface area contributed by atoms with Gasteiger partial charge in [-0.3, -0.25) is 9.59 Å². The van der Waals surface area contributed by atoms with E-state index in [1.54, 1.807) is 18.0 Å². The van der Waals surface area contributed by atoms with Crippen molar-refractivity contribution in [2.24, 2.45) is 0 Å². The molecule has 1 amide bonds. The summed E-state index contributed by atoms with van der Waals surface area (Å²) in [6.45, 7) is 0. The summed E-state index contributed by atoms with van der Waals surface area (Å²) < 4.78 is 7.02. The maximum atomic E-state index is 13.0. The topological polar surface area (TPSA) is 85.2 Å². The number of allylic oxidation sites excluding steroid dienone is 2. The maximum Gasteiger partial charge on any atom is 0.261 e. The van der Waals surface area contributed by atoms with Crippen LogP contribution in [-0.2, 0) is 4.79 Å². The summed E-state index contributed by atoms with van der Waals surface area (Å²) in [5.41, 5.74) is 3.67. The monoisotopic (exact) mass is 414 g/mol. The molecule has 5 rings (SSSR count). The number of fused-ring (bicyclic) bond motifs is 1. The molecule has 2 heterocycles. The fraction of sp³-hybridized carbons (Fsp3) is 0.208. The molecule has 1 aliphatic heterocycles. The van der Waals surface area contributed by atoms with Crippen LogP contribution in [0.3, 0.4) is 0 Å². The van der Waals surface area contributed by atoms with E-state index >= 15 is 0 Å². The molecule has 0 unspecified atom stereocenters. The Hall–Kier alpha value is -3.87. The molecule has 1 aromatic heterocycles. The van der Waals surface area contributed by atoms with E-state index in [1.807, 2.05) is 54.6 Å². The molecule has 0 radical (unpaired) electrons. The second-order valence-electron chi connectivity index (χ2n) is 7.64. The van der Waals surface area contributed by atoms with Crippen molar-refractivity contribution in [2.75, 3.05) is 17.7 Å². The Morgan fingerprint density at radius 1 is 1.13 bits per heavy atom. The molecule has 2 aromatic carbocycles. The first kappa shape index (κ1) is 19.1. The minimum atomic E-state index is -0.386. The molecule has 7 nitrogen and oxygen atoms in total. The molecule has 156 valence electrons. The number of ether oxygens (including phenoxy) is 1. The highest BCUT2D eigenvalue weighted by Gasteiger charge is 2.37. The van der Waals surface area contributed by atoms with Crippen molar-refractivity contribution >= 4 is 23.2 Å². The number of benzene rings is 2. The van der Waals surface area contributed by atoms with Crippen molar-refractivity contribution in [1.29, 1.82) is 0 Å². The summed E-state index contributed by atoms with van der Waals surface area (Å²) in [7, 11) is 1.62. The third-order valence-electron chi connectivity index (χ3n) is 5.75. The van der Waals surface area contributed by atoms with Gasteiger partial charge in [0.1, 0.15) is 23.2 Å². The molecule has 3 aromatic rings. The Labute approximate surface area is 179 Å². The highest BCUT2D eigenvalue weighted by Crippen LogP contribution is 2.41. The number of hydrogen-bond acceptors (Lipinski definition) is 5. The highest BCUT2D eigenvalue weighted by atomic mass is 16.5. The van der Waals surface area contributed by atoms with Crippen LogP contribution in [-0.4, -0.2) is 28.6 Å². The standard InChI is InChI=1S/C24H22N4O3/c1-31-17-12-10-15(11-13-17)22-21-19(8-5-9-20(21)29)27-23-18(14-25-28(22)23)24(30)26-16-6-3-2-4-7-16/h2-4,6-7,10-14,22,27H,5,8-9H2,1H3,(H,26,30)/t22-/m0/s1. The maximum absolute atomic E-state index is 13.0. The number of rotatable bonds is 4. The van der Waals surface area contributed by atoms with Gasteiger partial charge in [-0.15, -0.1) is 0 Å². The summed E-state index contributed by atoms with van der Waals surface area (Å²) in [5.74, 6) is 1.21. The van der Waals surface area contributed by atoms with Crippen molar-refractivity contribution in [2.45, 2.75) is 25.3 Å². The average Bonchev–Trinajstić information content (AvgIpc) is 3.22. The van der Waals surface area contributed by atoms with Gasteiger partial charge in [0.25, 0.3) is 5.91 Å². The lowest BCUT2D eigenvalue weighted by Gasteiger charge is -2.33. The molecule has 2 N–H and O–H groups in total. The van der Waals surface area contributed by atoms with Crippen LogP contribution in [0.25, 0.3) is 0 Å². The van der Waals surface area contributed by atoms with Crippen LogP contribution in [0.5, 0.6) is 5.75 Å². The highest BCUT2D eigenvalue weighted by molar-refractivity contribution is 6.08. The molecule has 7 heteroatoms. The third-order valence-corrected chi connectivity index (χ3v) is 5.75. The molecular formula is C24H22N4O3. The van der Waals surface area contributed by atoms with Crippen LogP contribution < -0.4 is 15.4 Å². The fourth-order valence-corrected chi connectivity index (χ4v) is 4.24. The van der Waals surface area contributed by atoms with E-state index in [0.717, 1.165) is 35.4 Å². The Kier molecular flexibility index (Phi) is 4.78. The van der Waals surface area contributed by atoms with Gasteiger partial charge >= 0.3 is 0 Å². The van der Waals surface area contributed by atoms with Crippen LogP contribution in [0.15, 0.2) is 72.1 Å². The van der Waals surface area contributed by atoms with Crippen LogP contribution in [0.1, 0.15) is 41.2 Å². The van der Waals surface area contributed by atoms with Crippen molar-refractivity contribution in [1.82, 2.24) is 9.78 Å². The lowest BCUT2D eigenvalue weighted by molar-refractivity contribution is -0.116. The number of methoxy groups -OCH3 is 1. The van der Waals surface area contributed by atoms with Gasteiger partial charge in [0.05, 0.1) is 13.3 Å². The zero-order valence-electron chi connectivity index (χ0n) is 17.1. The van der Waals surface area contributed by atoms with Gasteiger partial charge in [-0.1, -0.05) is 30.3 Å². The number of aromatic nitrogens is 2. The third kappa shape index (κ3) is 3.38. The molecule has 0 bridgehead atoms. The summed E-state index contributed by atoms with van der Waals surface area (Å²) in [6, 6.07) is 16.5. The number of anilines is 2. The summed E-state index contributed by atoms with van der Waals surface area (Å²) in [6.07, 6.45) is 3.63. The van der Waals surface area contributed by atoms with Crippen molar-refractivity contribution in [3.63, 3.8) is 0 Å². The molecule has 2 aliphatic rings. The van der Waals surface area contributed by atoms with Gasteiger partial charge in [0.2, 0.25) is 0 Å². The van der Waals surface area contributed by atoms with E-state index < -0.39 is 0 Å². The van der Waals surface area contributed by atoms with Gasteiger partial charge in [0, 0.05) is 23.4 Å². The SMILES string of the molecule is COc1ccc([C@H]2C3=C(CCCC3=O)Nc3c(C(=O)Nc4ccccc4)cnn32)cc1. The van der Waals surface area contributed by atoms with Gasteiger partial charge in [-0.25, -0.2) is 4.68 Å². The minimum Gasteiger partial charge on any atom is -0.497 e. The van der Waals surface area contributed by atoms with Crippen LogP contribution in [0.2, 0.25) is 0 Å². The molecule has 0 fully saturated rings. The van der Waals surface area contributed by atoms with E-state index in [1.165, 1.54) is 0 Å². The van der Waals surface area contributed by atoms with E-state index in [2.05, 4.69) is 15.7 Å². The van der Waals surface area contributed by atoms with Gasteiger partial charge in [-0.05, 0) is 42.7 Å². The summed E-state index contributed by atoms with van der Waals surface area (Å²) >= 11 is 0. The Balaban J connectivity index is 1.57. The van der Waals surface area contributed by atoms with Crippen molar-refractivity contribution in [3.8, 4) is 5.75 Å². The van der Waals surface area contributed by atoms with Crippen LogP contribution >= 0.6 is 0 Å². The first-order valence-electron chi connectivity index (χ1n) is 10.3. The lowest BCUT2D eigenvalue weighted by atomic mass is 9.85. The number of nitrogens with zero attached hydrogens (tertiary/aromatic N) is 2. The molecule has 1 aliphatic carbocycles. The molecule has 1 atom stereocenters. The molecular weight excluding hydrogens is 392 g/mol. The molecule has 0 saturated carbocycles. The quantitative estimate of drug-likeness (QED) is 0.669. The summed E-state index contributed by atoms with van der Waals surface area (Å²) in [5, 5.41) is 10.8. The average molecular weight is 414 g/mol. The van der Waals surface area contributed by atoms with Crippen LogP contribution in [0.4, 0.5) is 11.5 Å². The largest absolute Gasteiger partial charge is 0.497 e. The normalized spacial score (nSPS) is 17.5. The molecule has 0 spiro atoms. The number of hydrogen-bond donors (Lipinski definition) is 2. The van der Waals surface area contributed by atoms with E-state index in [4.69, 9.17) is 4.74 Å². The molecule has 0 saturated heterocycles. The van der Waals surface area contributed by atoms with E-state index in [0.29, 0.717) is 23.5 Å². The van der Waals surface area contributed by atoms with Crippen molar-refractivity contribution < 1.29 is 14.3 Å². The first-order chi connectivity index (χ1) is 15.2. The first-order valence-corrected chi connectivity index (χ1v) is 10.3. The second kappa shape index (κ2) is 7.75. The minimum absolute atomic E-state index is 0.117. The number of carbonyl (C=O) groups is 2. The number of carbonyl (C=O) groups excluding carboxylic acids is 2. The van der Waals surface area contributed by atoms with Gasteiger partial charge in [-0.2, -0.15) is 5.10 Å². The Bertz CT molecular complexity index is 1180. The van der Waals surface area contributed by atoms with Crippen molar-refractivity contribution in [3.05, 3.63) is 83.2 Å².